The summed E-state index contributed by atoms with van der Waals surface area (Å²) in [5.74, 6) is 1.64. The van der Waals surface area contributed by atoms with Gasteiger partial charge in [-0.05, 0) is 31.2 Å². The number of aryl methyl sites for hydroxylation is 1. The van der Waals surface area contributed by atoms with Gasteiger partial charge in [0.15, 0.2) is 5.82 Å². The van der Waals surface area contributed by atoms with Crippen LogP contribution in [-0.2, 0) is 6.18 Å². The lowest BCUT2D eigenvalue weighted by Crippen LogP contribution is -2.06. The fourth-order valence-electron chi connectivity index (χ4n) is 3.12. The van der Waals surface area contributed by atoms with Crippen molar-refractivity contribution in [3.63, 3.8) is 0 Å². The summed E-state index contributed by atoms with van der Waals surface area (Å²) in [6.07, 6.45) is -2.89. The summed E-state index contributed by atoms with van der Waals surface area (Å²) in [6, 6.07) is 10.2. The van der Waals surface area contributed by atoms with Gasteiger partial charge >= 0.3 is 6.18 Å². The van der Waals surface area contributed by atoms with Gasteiger partial charge in [-0.1, -0.05) is 12.1 Å². The fraction of sp³-hybridized carbons (Fsp3) is 0.190. The van der Waals surface area contributed by atoms with Crippen molar-refractivity contribution >= 4 is 17.2 Å². The van der Waals surface area contributed by atoms with Gasteiger partial charge in [0.05, 0.1) is 37.4 Å². The van der Waals surface area contributed by atoms with E-state index in [0.29, 0.717) is 34.0 Å². The Labute approximate surface area is 175 Å². The van der Waals surface area contributed by atoms with Gasteiger partial charge < -0.3 is 14.8 Å². The van der Waals surface area contributed by atoms with E-state index in [1.165, 1.54) is 17.7 Å². The third-order valence-corrected chi connectivity index (χ3v) is 4.68. The first-order chi connectivity index (χ1) is 14.8. The molecule has 2 heterocycles. The van der Waals surface area contributed by atoms with Crippen LogP contribution in [0.5, 0.6) is 11.5 Å². The van der Waals surface area contributed by atoms with E-state index in [9.17, 15) is 13.2 Å². The number of hydrogen-bond donors (Lipinski definition) is 1. The average Bonchev–Trinajstić information content (AvgIpc) is 3.09. The molecule has 0 saturated carbocycles. The number of ether oxygens (including phenoxy) is 2. The minimum atomic E-state index is -4.45. The summed E-state index contributed by atoms with van der Waals surface area (Å²) in [5, 5.41) is 7.50. The Morgan fingerprint density at radius 2 is 1.84 bits per heavy atom. The zero-order valence-corrected chi connectivity index (χ0v) is 16.9. The molecule has 0 saturated heterocycles. The highest BCUT2D eigenvalue weighted by molar-refractivity contribution is 5.67. The largest absolute Gasteiger partial charge is 0.497 e. The number of imidazole rings is 1. The molecule has 2 aromatic carbocycles. The van der Waals surface area contributed by atoms with E-state index in [0.717, 1.165) is 12.1 Å². The van der Waals surface area contributed by atoms with Crippen LogP contribution in [0.25, 0.3) is 16.9 Å². The van der Waals surface area contributed by atoms with Gasteiger partial charge in [0, 0.05) is 11.6 Å². The number of alkyl halides is 3. The Kier molecular flexibility index (Phi) is 5.14. The lowest BCUT2D eigenvalue weighted by Gasteiger charge is -2.12. The van der Waals surface area contributed by atoms with Crippen LogP contribution < -0.4 is 14.8 Å². The maximum atomic E-state index is 13.2. The minimum absolute atomic E-state index is 0.224. The second-order valence-electron chi connectivity index (χ2n) is 6.67. The molecule has 0 aliphatic rings. The number of nitrogens with one attached hydrogen (secondary N) is 1. The van der Waals surface area contributed by atoms with Gasteiger partial charge in [0.2, 0.25) is 5.95 Å². The standard InChI is InChI=1S/C21H18F3N5O2/c1-12-17-11-25-20(27-16-8-7-15(30-2)10-18(16)31-3)28-29(17)19(26-12)13-5-4-6-14(9-13)21(22,23)24/h4-11H,1-3H3,(H,27,28). The van der Waals surface area contributed by atoms with Crippen LogP contribution in [0, 0.1) is 6.92 Å². The van der Waals surface area contributed by atoms with Gasteiger partial charge in [-0.15, -0.1) is 5.10 Å². The molecule has 0 atom stereocenters. The summed E-state index contributed by atoms with van der Waals surface area (Å²) in [4.78, 5) is 8.71. The number of halogens is 3. The molecule has 160 valence electrons. The number of benzene rings is 2. The molecule has 10 heteroatoms. The molecule has 0 unspecified atom stereocenters. The molecule has 0 spiro atoms. The molecule has 4 aromatic rings. The normalized spacial score (nSPS) is 11.5. The zero-order valence-electron chi connectivity index (χ0n) is 16.9. The Morgan fingerprint density at radius 3 is 2.55 bits per heavy atom. The summed E-state index contributed by atoms with van der Waals surface area (Å²) in [5.41, 5.74) is 1.32. The van der Waals surface area contributed by atoms with Crippen molar-refractivity contribution in [1.29, 1.82) is 0 Å². The first-order valence-electron chi connectivity index (χ1n) is 9.19. The number of nitrogens with zero attached hydrogens (tertiary/aromatic N) is 4. The SMILES string of the molecule is COc1ccc(Nc2ncc3c(C)nc(-c4cccc(C(F)(F)F)c4)n3n2)c(OC)c1. The van der Waals surface area contributed by atoms with Gasteiger partial charge in [-0.25, -0.2) is 14.5 Å². The smallest absolute Gasteiger partial charge is 0.416 e. The average molecular weight is 429 g/mol. The van der Waals surface area contributed by atoms with E-state index in [1.807, 2.05) is 0 Å². The van der Waals surface area contributed by atoms with Crippen LogP contribution in [0.2, 0.25) is 0 Å². The summed E-state index contributed by atoms with van der Waals surface area (Å²) >= 11 is 0. The highest BCUT2D eigenvalue weighted by Crippen LogP contribution is 2.33. The van der Waals surface area contributed by atoms with Crippen molar-refractivity contribution < 1.29 is 22.6 Å². The predicted molar refractivity (Wildman–Crippen MR) is 109 cm³/mol. The minimum Gasteiger partial charge on any atom is -0.497 e. The number of hydrogen-bond acceptors (Lipinski definition) is 6. The Hall–Kier alpha value is -3.82. The van der Waals surface area contributed by atoms with E-state index in [-0.39, 0.29) is 11.8 Å². The molecule has 4 rings (SSSR count). The maximum Gasteiger partial charge on any atom is 0.416 e. The van der Waals surface area contributed by atoms with E-state index >= 15 is 0 Å². The van der Waals surface area contributed by atoms with Gasteiger partial charge in [0.25, 0.3) is 0 Å². The zero-order chi connectivity index (χ0) is 22.2. The quantitative estimate of drug-likeness (QED) is 0.488. The van der Waals surface area contributed by atoms with Crippen molar-refractivity contribution in [3.8, 4) is 22.9 Å². The molecular weight excluding hydrogens is 411 g/mol. The number of methoxy groups -OCH3 is 2. The maximum absolute atomic E-state index is 13.2. The molecule has 7 nitrogen and oxygen atoms in total. The Bertz CT molecular complexity index is 1250. The molecule has 0 aliphatic carbocycles. The van der Waals surface area contributed by atoms with Crippen molar-refractivity contribution in [2.75, 3.05) is 19.5 Å². The Balaban J connectivity index is 1.77. The van der Waals surface area contributed by atoms with Gasteiger partial charge in [-0.3, -0.25) is 0 Å². The first kappa shape index (κ1) is 20.5. The number of rotatable bonds is 5. The lowest BCUT2D eigenvalue weighted by molar-refractivity contribution is -0.137. The lowest BCUT2D eigenvalue weighted by atomic mass is 10.1. The molecular formula is C21H18F3N5O2. The topological polar surface area (TPSA) is 73.6 Å². The van der Waals surface area contributed by atoms with Crippen molar-refractivity contribution in [2.45, 2.75) is 13.1 Å². The molecule has 0 aliphatic heterocycles. The number of fused-ring (bicyclic) bond motifs is 1. The van der Waals surface area contributed by atoms with Crippen molar-refractivity contribution in [3.05, 3.63) is 59.9 Å². The predicted octanol–water partition coefficient (Wildman–Crippen LogP) is 4.88. The third kappa shape index (κ3) is 3.96. The van der Waals surface area contributed by atoms with Crippen LogP contribution >= 0.6 is 0 Å². The summed E-state index contributed by atoms with van der Waals surface area (Å²) < 4.78 is 51.5. The van der Waals surface area contributed by atoms with Crippen LogP contribution in [-0.4, -0.2) is 33.8 Å². The molecule has 31 heavy (non-hydrogen) atoms. The fourth-order valence-corrected chi connectivity index (χ4v) is 3.12. The molecule has 2 aromatic heterocycles. The van der Waals surface area contributed by atoms with E-state index in [1.54, 1.807) is 44.5 Å². The number of anilines is 2. The van der Waals surface area contributed by atoms with Gasteiger partial charge in [0.1, 0.15) is 17.0 Å². The molecule has 0 amide bonds. The number of aromatic nitrogens is 4. The van der Waals surface area contributed by atoms with Crippen LogP contribution in [0.3, 0.4) is 0 Å². The van der Waals surface area contributed by atoms with Crippen LogP contribution in [0.4, 0.5) is 24.8 Å². The van der Waals surface area contributed by atoms with E-state index < -0.39 is 11.7 Å². The molecule has 1 N–H and O–H groups in total. The van der Waals surface area contributed by atoms with E-state index in [2.05, 4.69) is 20.4 Å². The first-order valence-corrected chi connectivity index (χ1v) is 9.19. The second-order valence-corrected chi connectivity index (χ2v) is 6.67. The monoisotopic (exact) mass is 429 g/mol. The molecule has 0 bridgehead atoms. The summed E-state index contributed by atoms with van der Waals surface area (Å²) in [6.45, 7) is 1.75. The third-order valence-electron chi connectivity index (χ3n) is 4.68. The Morgan fingerprint density at radius 1 is 1.03 bits per heavy atom. The van der Waals surface area contributed by atoms with Crippen molar-refractivity contribution in [1.82, 2.24) is 19.6 Å². The van der Waals surface area contributed by atoms with E-state index in [4.69, 9.17) is 9.47 Å². The van der Waals surface area contributed by atoms with Crippen LogP contribution in [0.1, 0.15) is 11.3 Å². The van der Waals surface area contributed by atoms with Gasteiger partial charge in [-0.2, -0.15) is 13.2 Å². The van der Waals surface area contributed by atoms with Crippen LogP contribution in [0.15, 0.2) is 48.7 Å². The summed E-state index contributed by atoms with van der Waals surface area (Å²) in [7, 11) is 3.07. The molecule has 0 radical (unpaired) electrons. The molecule has 0 fully saturated rings. The second kappa shape index (κ2) is 7.78. The van der Waals surface area contributed by atoms with Crippen molar-refractivity contribution in [2.24, 2.45) is 0 Å². The highest BCUT2D eigenvalue weighted by atomic mass is 19.4. The highest BCUT2D eigenvalue weighted by Gasteiger charge is 2.31.